The molecule has 0 bridgehead atoms. The average Bonchev–Trinajstić information content (AvgIpc) is 2.63. The van der Waals surface area contributed by atoms with Gasteiger partial charge in [-0.25, -0.2) is 14.8 Å². The maximum atomic E-state index is 12.0. The first kappa shape index (κ1) is 19.2. The first-order chi connectivity index (χ1) is 12.6. The lowest BCUT2D eigenvalue weighted by molar-refractivity contribution is 0.0674. The van der Waals surface area contributed by atoms with Crippen molar-refractivity contribution in [2.75, 3.05) is 19.7 Å². The maximum Gasteiger partial charge on any atom is 0.409 e. The van der Waals surface area contributed by atoms with Gasteiger partial charge in [-0.05, 0) is 30.2 Å². The summed E-state index contributed by atoms with van der Waals surface area (Å²) in [6.07, 6.45) is 4.86. The van der Waals surface area contributed by atoms with Gasteiger partial charge >= 0.3 is 6.09 Å². The Bertz CT molecular complexity index is 782. The number of halogens is 2. The molecule has 8 heteroatoms. The van der Waals surface area contributed by atoms with Gasteiger partial charge in [0, 0.05) is 42.0 Å². The molecule has 1 aromatic carbocycles. The summed E-state index contributed by atoms with van der Waals surface area (Å²) in [6, 6.07) is 3.81. The number of unbranched alkanes of at least 4 members (excludes halogenated alkanes) is 1. The molecule has 26 heavy (non-hydrogen) atoms. The number of amides is 1. The summed E-state index contributed by atoms with van der Waals surface area (Å²) in [5.74, 6) is 0.669. The fraction of sp³-hybridized carbons (Fsp3) is 0.500. The summed E-state index contributed by atoms with van der Waals surface area (Å²) in [4.78, 5) is 22.1. The highest BCUT2D eigenvalue weighted by Gasteiger charge is 2.25. The Morgan fingerprint density at radius 3 is 2.88 bits per heavy atom. The Morgan fingerprint density at radius 2 is 2.15 bits per heavy atom. The van der Waals surface area contributed by atoms with Crippen LogP contribution < -0.4 is 4.74 Å². The predicted molar refractivity (Wildman–Crippen MR) is 104 cm³/mol. The number of carbonyl (C=O) groups is 1. The Balaban J connectivity index is 1.62. The SMILES string of the molecule is CCCCOC(=O)N1CCC(Oc2cc(Br)cc3cnc(Cl)nc23)CC1. The van der Waals surface area contributed by atoms with Crippen molar-refractivity contribution in [3.63, 3.8) is 0 Å². The quantitative estimate of drug-likeness (QED) is 0.490. The number of hydrogen-bond donors (Lipinski definition) is 0. The molecule has 0 spiro atoms. The summed E-state index contributed by atoms with van der Waals surface area (Å²) in [6.45, 7) is 3.80. The molecule has 2 aromatic rings. The summed E-state index contributed by atoms with van der Waals surface area (Å²) in [5.41, 5.74) is 0.689. The van der Waals surface area contributed by atoms with E-state index in [2.05, 4.69) is 32.8 Å². The number of ether oxygens (including phenoxy) is 2. The van der Waals surface area contributed by atoms with Crippen molar-refractivity contribution in [1.29, 1.82) is 0 Å². The van der Waals surface area contributed by atoms with Crippen LogP contribution in [0.3, 0.4) is 0 Å². The minimum Gasteiger partial charge on any atom is -0.488 e. The van der Waals surface area contributed by atoms with Crippen LogP contribution >= 0.6 is 27.5 Å². The van der Waals surface area contributed by atoms with Crippen molar-refractivity contribution in [2.45, 2.75) is 38.7 Å². The fourth-order valence-electron chi connectivity index (χ4n) is 2.88. The minimum atomic E-state index is -0.232. The second-order valence-electron chi connectivity index (χ2n) is 6.25. The highest BCUT2D eigenvalue weighted by molar-refractivity contribution is 9.10. The van der Waals surface area contributed by atoms with E-state index in [1.54, 1.807) is 11.1 Å². The van der Waals surface area contributed by atoms with E-state index >= 15 is 0 Å². The van der Waals surface area contributed by atoms with Crippen molar-refractivity contribution in [1.82, 2.24) is 14.9 Å². The molecular weight excluding hydrogens is 422 g/mol. The number of carbonyl (C=O) groups excluding carboxylic acids is 1. The van der Waals surface area contributed by atoms with E-state index in [1.165, 1.54) is 0 Å². The van der Waals surface area contributed by atoms with Crippen LogP contribution in [0.1, 0.15) is 32.6 Å². The molecule has 1 aromatic heterocycles. The molecule has 0 radical (unpaired) electrons. The van der Waals surface area contributed by atoms with E-state index in [0.717, 1.165) is 35.5 Å². The third-order valence-electron chi connectivity index (χ3n) is 4.30. The standard InChI is InChI=1S/C18H21BrClN3O3/c1-2-3-8-25-18(24)23-6-4-14(5-7-23)26-15-10-13(19)9-12-11-21-17(20)22-16(12)15/h9-11,14H,2-8H2,1H3. The summed E-state index contributed by atoms with van der Waals surface area (Å²) in [5, 5.41) is 1.05. The van der Waals surface area contributed by atoms with Crippen LogP contribution in [0, 0.1) is 0 Å². The Hall–Kier alpha value is -1.60. The molecule has 1 aliphatic heterocycles. The zero-order chi connectivity index (χ0) is 18.5. The van der Waals surface area contributed by atoms with Crippen LogP contribution in [-0.4, -0.2) is 46.8 Å². The number of aromatic nitrogens is 2. The molecule has 140 valence electrons. The lowest BCUT2D eigenvalue weighted by Crippen LogP contribution is -2.42. The molecule has 0 unspecified atom stereocenters. The second-order valence-corrected chi connectivity index (χ2v) is 7.51. The smallest absolute Gasteiger partial charge is 0.409 e. The molecule has 1 fully saturated rings. The highest BCUT2D eigenvalue weighted by atomic mass is 79.9. The Kier molecular flexibility index (Phi) is 6.53. The van der Waals surface area contributed by atoms with Gasteiger partial charge in [0.1, 0.15) is 17.4 Å². The van der Waals surface area contributed by atoms with Gasteiger partial charge in [-0.3, -0.25) is 0 Å². The fourth-order valence-corrected chi connectivity index (χ4v) is 3.46. The lowest BCUT2D eigenvalue weighted by atomic mass is 10.1. The molecular formula is C18H21BrClN3O3. The van der Waals surface area contributed by atoms with E-state index < -0.39 is 0 Å². The van der Waals surface area contributed by atoms with Gasteiger partial charge in [0.2, 0.25) is 5.28 Å². The molecule has 0 aliphatic carbocycles. The van der Waals surface area contributed by atoms with Crippen molar-refractivity contribution in [3.8, 4) is 5.75 Å². The van der Waals surface area contributed by atoms with Crippen LogP contribution in [0.25, 0.3) is 10.9 Å². The normalized spacial score (nSPS) is 15.3. The monoisotopic (exact) mass is 441 g/mol. The van der Waals surface area contributed by atoms with Crippen molar-refractivity contribution < 1.29 is 14.3 Å². The van der Waals surface area contributed by atoms with Crippen molar-refractivity contribution in [2.24, 2.45) is 0 Å². The van der Waals surface area contributed by atoms with Gasteiger partial charge in [-0.2, -0.15) is 0 Å². The largest absolute Gasteiger partial charge is 0.488 e. The van der Waals surface area contributed by atoms with E-state index in [-0.39, 0.29) is 17.5 Å². The number of rotatable bonds is 5. The number of likely N-dealkylation sites (tertiary alicyclic amines) is 1. The third kappa shape index (κ3) is 4.76. The maximum absolute atomic E-state index is 12.0. The minimum absolute atomic E-state index is 0.0148. The van der Waals surface area contributed by atoms with Gasteiger partial charge in [-0.15, -0.1) is 0 Å². The van der Waals surface area contributed by atoms with Crippen molar-refractivity contribution in [3.05, 3.63) is 28.1 Å². The number of nitrogens with zero attached hydrogens (tertiary/aromatic N) is 3. The van der Waals surface area contributed by atoms with E-state index in [9.17, 15) is 4.79 Å². The molecule has 6 nitrogen and oxygen atoms in total. The molecule has 0 saturated carbocycles. The topological polar surface area (TPSA) is 64.5 Å². The van der Waals surface area contributed by atoms with Crippen LogP contribution in [0.4, 0.5) is 4.79 Å². The molecule has 0 N–H and O–H groups in total. The van der Waals surface area contributed by atoms with Gasteiger partial charge < -0.3 is 14.4 Å². The van der Waals surface area contributed by atoms with Gasteiger partial charge in [-0.1, -0.05) is 29.3 Å². The van der Waals surface area contributed by atoms with Crippen LogP contribution in [-0.2, 0) is 4.74 Å². The van der Waals surface area contributed by atoms with Crippen LogP contribution in [0.2, 0.25) is 5.28 Å². The van der Waals surface area contributed by atoms with E-state index in [0.29, 0.717) is 31.0 Å². The molecule has 1 saturated heterocycles. The number of hydrogen-bond acceptors (Lipinski definition) is 5. The molecule has 3 rings (SSSR count). The molecule has 0 atom stereocenters. The van der Waals surface area contributed by atoms with Gasteiger partial charge in [0.15, 0.2) is 0 Å². The number of benzene rings is 1. The first-order valence-corrected chi connectivity index (χ1v) is 9.94. The summed E-state index contributed by atoms with van der Waals surface area (Å²) >= 11 is 9.42. The zero-order valence-electron chi connectivity index (χ0n) is 14.6. The summed E-state index contributed by atoms with van der Waals surface area (Å²) < 4.78 is 12.3. The van der Waals surface area contributed by atoms with E-state index in [1.807, 2.05) is 12.1 Å². The molecule has 1 amide bonds. The Morgan fingerprint density at radius 1 is 1.38 bits per heavy atom. The van der Waals surface area contributed by atoms with Crippen LogP contribution in [0.5, 0.6) is 5.75 Å². The lowest BCUT2D eigenvalue weighted by Gasteiger charge is -2.31. The Labute approximate surface area is 166 Å². The average molecular weight is 443 g/mol. The number of fused-ring (bicyclic) bond motifs is 1. The second kappa shape index (κ2) is 8.86. The first-order valence-electron chi connectivity index (χ1n) is 8.77. The predicted octanol–water partition coefficient (Wildman–Crippen LogP) is 4.83. The zero-order valence-corrected chi connectivity index (χ0v) is 16.9. The van der Waals surface area contributed by atoms with E-state index in [4.69, 9.17) is 21.1 Å². The number of piperidine rings is 1. The molecule has 2 heterocycles. The van der Waals surface area contributed by atoms with Gasteiger partial charge in [0.25, 0.3) is 0 Å². The molecule has 1 aliphatic rings. The highest BCUT2D eigenvalue weighted by Crippen LogP contribution is 2.31. The van der Waals surface area contributed by atoms with Crippen molar-refractivity contribution >= 4 is 44.5 Å². The third-order valence-corrected chi connectivity index (χ3v) is 4.94. The summed E-state index contributed by atoms with van der Waals surface area (Å²) in [7, 11) is 0. The van der Waals surface area contributed by atoms with Gasteiger partial charge in [0.05, 0.1) is 6.61 Å². The van der Waals surface area contributed by atoms with Crippen LogP contribution in [0.15, 0.2) is 22.8 Å².